The molecule has 1 N–H and O–H groups in total. The van der Waals surface area contributed by atoms with Crippen LogP contribution in [0.5, 0.6) is 0 Å². The van der Waals surface area contributed by atoms with Crippen LogP contribution >= 0.6 is 0 Å². The van der Waals surface area contributed by atoms with Gasteiger partial charge in [-0.2, -0.15) is 5.26 Å². The summed E-state index contributed by atoms with van der Waals surface area (Å²) in [7, 11) is 0. The average molecular weight is 182 g/mol. The molecule has 0 saturated heterocycles. The van der Waals surface area contributed by atoms with Gasteiger partial charge in [-0.05, 0) is 13.3 Å². The molecule has 0 aliphatic heterocycles. The molecule has 0 saturated carbocycles. The van der Waals surface area contributed by atoms with Crippen molar-refractivity contribution in [1.29, 1.82) is 5.26 Å². The molecule has 4 heteroatoms. The smallest absolute Gasteiger partial charge is 0.263 e. The summed E-state index contributed by atoms with van der Waals surface area (Å²) in [6.45, 7) is 7.54. The molecule has 0 aliphatic carbocycles. The molecular formula is C9H14N2O2. The first-order chi connectivity index (χ1) is 6.11. The molecule has 4 nitrogen and oxygen atoms in total. The number of nitrogens with zero attached hydrogens (tertiary/aromatic N) is 1. The van der Waals surface area contributed by atoms with Gasteiger partial charge >= 0.3 is 0 Å². The summed E-state index contributed by atoms with van der Waals surface area (Å²) in [4.78, 5) is 11.0. The van der Waals surface area contributed by atoms with Crippen molar-refractivity contribution in [2.45, 2.75) is 26.5 Å². The van der Waals surface area contributed by atoms with Crippen LogP contribution in [0.25, 0.3) is 0 Å². The van der Waals surface area contributed by atoms with Gasteiger partial charge in [0.25, 0.3) is 5.91 Å². The van der Waals surface area contributed by atoms with Crippen molar-refractivity contribution < 1.29 is 9.53 Å². The minimum absolute atomic E-state index is 0.105. The Morgan fingerprint density at radius 3 is 2.85 bits per heavy atom. The number of hydrogen-bond donors (Lipinski definition) is 1. The van der Waals surface area contributed by atoms with Gasteiger partial charge < -0.3 is 10.1 Å². The van der Waals surface area contributed by atoms with Crippen LogP contribution in [0.1, 0.15) is 20.3 Å². The fourth-order valence-corrected chi connectivity index (χ4v) is 0.659. The summed E-state index contributed by atoms with van der Waals surface area (Å²) >= 11 is 0. The lowest BCUT2D eigenvalue weighted by molar-refractivity contribution is -0.120. The van der Waals surface area contributed by atoms with Crippen LogP contribution in [0.2, 0.25) is 0 Å². The molecule has 0 fully saturated rings. The maximum atomic E-state index is 11.0. The van der Waals surface area contributed by atoms with E-state index >= 15 is 0 Å². The van der Waals surface area contributed by atoms with E-state index < -0.39 is 5.91 Å². The van der Waals surface area contributed by atoms with Gasteiger partial charge in [0.05, 0.1) is 0 Å². The van der Waals surface area contributed by atoms with Crippen LogP contribution in [0, 0.1) is 11.3 Å². The van der Waals surface area contributed by atoms with Crippen LogP contribution < -0.4 is 5.32 Å². The topological polar surface area (TPSA) is 62.1 Å². The Morgan fingerprint density at radius 1 is 1.77 bits per heavy atom. The van der Waals surface area contributed by atoms with Crippen molar-refractivity contribution in [3.8, 4) is 6.07 Å². The Kier molecular flexibility index (Phi) is 5.57. The van der Waals surface area contributed by atoms with Crippen molar-refractivity contribution in [1.82, 2.24) is 5.32 Å². The summed E-state index contributed by atoms with van der Waals surface area (Å²) in [6.07, 6.45) is 0.511. The molecule has 0 bridgehead atoms. The predicted octanol–water partition coefficient (Wildman–Crippen LogP) is 0.955. The molecule has 1 amide bonds. The Bertz CT molecular complexity index is 230. The molecule has 72 valence electrons. The number of hydrogen-bond acceptors (Lipinski definition) is 3. The van der Waals surface area contributed by atoms with Crippen molar-refractivity contribution in [2.75, 3.05) is 6.61 Å². The Balaban J connectivity index is 3.79. The zero-order valence-electron chi connectivity index (χ0n) is 7.96. The van der Waals surface area contributed by atoms with Crippen LogP contribution in [0.15, 0.2) is 12.2 Å². The second-order valence-corrected chi connectivity index (χ2v) is 2.58. The Hall–Kier alpha value is -1.34. The number of carbonyl (C=O) groups excluding carboxylic acids is 1. The van der Waals surface area contributed by atoms with E-state index in [0.717, 1.165) is 6.42 Å². The van der Waals surface area contributed by atoms with E-state index in [1.807, 2.05) is 6.92 Å². The first-order valence-electron chi connectivity index (χ1n) is 4.13. The van der Waals surface area contributed by atoms with E-state index in [4.69, 9.17) is 10.00 Å². The van der Waals surface area contributed by atoms with Gasteiger partial charge in [0, 0.05) is 6.61 Å². The monoisotopic (exact) mass is 182 g/mol. The van der Waals surface area contributed by atoms with Crippen LogP contribution in [0.4, 0.5) is 0 Å². The Morgan fingerprint density at radius 2 is 2.38 bits per heavy atom. The van der Waals surface area contributed by atoms with E-state index in [9.17, 15) is 4.79 Å². The second kappa shape index (κ2) is 6.21. The number of nitrogens with one attached hydrogen (secondary N) is 1. The first-order valence-corrected chi connectivity index (χ1v) is 4.13. The van der Waals surface area contributed by atoms with Crippen LogP contribution in [-0.4, -0.2) is 18.7 Å². The van der Waals surface area contributed by atoms with E-state index in [1.54, 1.807) is 13.0 Å². The molecule has 1 unspecified atom stereocenters. The third kappa shape index (κ3) is 4.99. The zero-order valence-corrected chi connectivity index (χ0v) is 7.96. The standard InChI is InChI=1S/C9H14N2O2/c1-4-5-13-8(3)11-9(12)7(2)6-10/h8H,2,4-5H2,1,3H3,(H,11,12). The van der Waals surface area contributed by atoms with Crippen molar-refractivity contribution in [3.05, 3.63) is 12.2 Å². The number of carbonyl (C=O) groups is 1. The third-order valence-electron chi connectivity index (χ3n) is 1.32. The average Bonchev–Trinajstić information content (AvgIpc) is 2.13. The summed E-state index contributed by atoms with van der Waals surface area (Å²) in [5.41, 5.74) is -0.105. The molecule has 0 heterocycles. The second-order valence-electron chi connectivity index (χ2n) is 2.58. The van der Waals surface area contributed by atoms with Crippen LogP contribution in [0.3, 0.4) is 0 Å². The van der Waals surface area contributed by atoms with Gasteiger partial charge in [0.2, 0.25) is 0 Å². The van der Waals surface area contributed by atoms with Gasteiger partial charge in [0.15, 0.2) is 0 Å². The zero-order chi connectivity index (χ0) is 10.3. The first kappa shape index (κ1) is 11.7. The summed E-state index contributed by atoms with van der Waals surface area (Å²) in [6, 6.07) is 1.66. The molecule has 13 heavy (non-hydrogen) atoms. The lowest BCUT2D eigenvalue weighted by Gasteiger charge is -2.13. The van der Waals surface area contributed by atoms with Gasteiger partial charge in [-0.1, -0.05) is 13.5 Å². The maximum absolute atomic E-state index is 11.0. The normalized spacial score (nSPS) is 11.5. The molecule has 0 aromatic rings. The minimum Gasteiger partial charge on any atom is -0.359 e. The lowest BCUT2D eigenvalue weighted by atomic mass is 10.3. The molecule has 1 atom stereocenters. The predicted molar refractivity (Wildman–Crippen MR) is 48.6 cm³/mol. The van der Waals surface area contributed by atoms with Crippen molar-refractivity contribution >= 4 is 5.91 Å². The molecule has 0 aromatic heterocycles. The Labute approximate surface area is 78.2 Å². The van der Waals surface area contributed by atoms with E-state index in [-0.39, 0.29) is 11.8 Å². The number of nitriles is 1. The largest absolute Gasteiger partial charge is 0.359 e. The highest BCUT2D eigenvalue weighted by Gasteiger charge is 2.09. The van der Waals surface area contributed by atoms with E-state index in [2.05, 4.69) is 11.9 Å². The third-order valence-corrected chi connectivity index (χ3v) is 1.32. The SMILES string of the molecule is C=C(C#N)C(=O)NC(C)OCCC. The molecule has 0 radical (unpaired) electrons. The van der Waals surface area contributed by atoms with Gasteiger partial charge in [0.1, 0.15) is 17.9 Å². The quantitative estimate of drug-likeness (QED) is 0.391. The van der Waals surface area contributed by atoms with Gasteiger partial charge in [-0.25, -0.2) is 0 Å². The van der Waals surface area contributed by atoms with E-state index in [0.29, 0.717) is 6.61 Å². The van der Waals surface area contributed by atoms with E-state index in [1.165, 1.54) is 0 Å². The van der Waals surface area contributed by atoms with Crippen molar-refractivity contribution in [2.24, 2.45) is 0 Å². The highest BCUT2D eigenvalue weighted by atomic mass is 16.5. The molecule has 0 rings (SSSR count). The fraction of sp³-hybridized carbons (Fsp3) is 0.556. The number of amides is 1. The summed E-state index contributed by atoms with van der Waals surface area (Å²) < 4.78 is 5.17. The van der Waals surface area contributed by atoms with Gasteiger partial charge in [-0.15, -0.1) is 0 Å². The van der Waals surface area contributed by atoms with Crippen molar-refractivity contribution in [3.63, 3.8) is 0 Å². The summed E-state index contributed by atoms with van der Waals surface area (Å²) in [5.74, 6) is -0.480. The summed E-state index contributed by atoms with van der Waals surface area (Å²) in [5, 5.41) is 10.8. The fourth-order valence-electron chi connectivity index (χ4n) is 0.659. The minimum atomic E-state index is -0.480. The molecule has 0 aliphatic rings. The molecular weight excluding hydrogens is 168 g/mol. The highest BCUT2D eigenvalue weighted by Crippen LogP contribution is 1.92. The highest BCUT2D eigenvalue weighted by molar-refractivity contribution is 5.96. The van der Waals surface area contributed by atoms with Gasteiger partial charge in [-0.3, -0.25) is 4.79 Å². The lowest BCUT2D eigenvalue weighted by Crippen LogP contribution is -2.35. The van der Waals surface area contributed by atoms with Crippen LogP contribution in [-0.2, 0) is 9.53 Å². The molecule has 0 spiro atoms. The number of rotatable bonds is 5. The molecule has 0 aromatic carbocycles. The maximum Gasteiger partial charge on any atom is 0.263 e. The number of ether oxygens (including phenoxy) is 1.